The number of fused-ring (bicyclic) bond motifs is 1. The van der Waals surface area contributed by atoms with Gasteiger partial charge in [0.05, 0.1) is 25.3 Å². The number of hydrogen-bond acceptors (Lipinski definition) is 5. The Hall–Kier alpha value is -0.890. The number of nitrogens with zero attached hydrogens (tertiary/aromatic N) is 1. The van der Waals surface area contributed by atoms with Crippen molar-refractivity contribution in [2.24, 2.45) is 5.73 Å². The van der Waals surface area contributed by atoms with Crippen molar-refractivity contribution in [3.8, 4) is 0 Å². The molecule has 0 radical (unpaired) electrons. The van der Waals surface area contributed by atoms with E-state index in [-0.39, 0.29) is 23.8 Å². The van der Waals surface area contributed by atoms with Gasteiger partial charge in [-0.15, -0.1) is 0 Å². The number of sulfonamides is 1. The third kappa shape index (κ3) is 2.20. The number of nitrogens with two attached hydrogens (primary N) is 1. The molecule has 19 heavy (non-hydrogen) atoms. The third-order valence-electron chi connectivity index (χ3n) is 3.83. The number of rotatable bonds is 3. The van der Waals surface area contributed by atoms with Crippen LogP contribution in [0.2, 0.25) is 0 Å². The molecule has 3 rings (SSSR count). The Bertz CT molecular complexity index is 554. The van der Waals surface area contributed by atoms with Crippen LogP contribution < -0.4 is 5.73 Å². The van der Waals surface area contributed by atoms with E-state index in [0.29, 0.717) is 18.9 Å². The Labute approximate surface area is 112 Å². The summed E-state index contributed by atoms with van der Waals surface area (Å²) in [5.41, 5.74) is 5.45. The van der Waals surface area contributed by atoms with Gasteiger partial charge >= 0.3 is 0 Å². The Morgan fingerprint density at radius 3 is 2.95 bits per heavy atom. The fourth-order valence-electron chi connectivity index (χ4n) is 2.91. The van der Waals surface area contributed by atoms with Crippen molar-refractivity contribution in [1.82, 2.24) is 4.31 Å². The van der Waals surface area contributed by atoms with Crippen LogP contribution in [0.4, 0.5) is 0 Å². The Morgan fingerprint density at radius 1 is 1.37 bits per heavy atom. The topological polar surface area (TPSA) is 85.8 Å². The summed E-state index contributed by atoms with van der Waals surface area (Å²) < 4.78 is 37.7. The monoisotopic (exact) mass is 286 g/mol. The predicted molar refractivity (Wildman–Crippen MR) is 67.9 cm³/mol. The van der Waals surface area contributed by atoms with Crippen LogP contribution in [-0.4, -0.2) is 38.0 Å². The zero-order valence-electron chi connectivity index (χ0n) is 10.6. The van der Waals surface area contributed by atoms with Gasteiger partial charge in [-0.1, -0.05) is 0 Å². The second kappa shape index (κ2) is 4.90. The standard InChI is InChI=1S/C12H18N2O4S/c13-8-9-4-5-12(18-9)19(15,16)14-6-7-17-11-3-1-2-10(11)14/h4-5,10-11H,1-3,6-8,13H2. The molecule has 0 aromatic carbocycles. The highest BCUT2D eigenvalue weighted by atomic mass is 32.2. The Morgan fingerprint density at radius 2 is 2.21 bits per heavy atom. The van der Waals surface area contributed by atoms with E-state index in [1.807, 2.05) is 0 Å². The van der Waals surface area contributed by atoms with Crippen LogP contribution in [-0.2, 0) is 21.3 Å². The van der Waals surface area contributed by atoms with Gasteiger partial charge in [-0.3, -0.25) is 0 Å². The zero-order chi connectivity index (χ0) is 13.5. The van der Waals surface area contributed by atoms with E-state index >= 15 is 0 Å². The van der Waals surface area contributed by atoms with Crippen LogP contribution in [0, 0.1) is 0 Å². The average Bonchev–Trinajstić information content (AvgIpc) is 3.06. The minimum Gasteiger partial charge on any atom is -0.447 e. The number of morpholine rings is 1. The number of hydrogen-bond donors (Lipinski definition) is 1. The van der Waals surface area contributed by atoms with Crippen LogP contribution in [0.5, 0.6) is 0 Å². The lowest BCUT2D eigenvalue weighted by molar-refractivity contribution is -0.0245. The second-order valence-corrected chi connectivity index (χ2v) is 6.77. The first kappa shape index (κ1) is 13.1. The maximum absolute atomic E-state index is 12.6. The molecule has 2 heterocycles. The van der Waals surface area contributed by atoms with Crippen LogP contribution in [0.1, 0.15) is 25.0 Å². The second-order valence-electron chi connectivity index (χ2n) is 4.95. The summed E-state index contributed by atoms with van der Waals surface area (Å²) in [4.78, 5) is 0. The molecule has 0 amide bonds. The van der Waals surface area contributed by atoms with Crippen molar-refractivity contribution < 1.29 is 17.6 Å². The normalized spacial score (nSPS) is 28.5. The molecule has 2 fully saturated rings. The van der Waals surface area contributed by atoms with E-state index in [1.54, 1.807) is 6.07 Å². The summed E-state index contributed by atoms with van der Waals surface area (Å²) in [7, 11) is -3.57. The van der Waals surface area contributed by atoms with Gasteiger partial charge in [0.2, 0.25) is 5.09 Å². The van der Waals surface area contributed by atoms with Crippen LogP contribution in [0.3, 0.4) is 0 Å². The molecule has 2 unspecified atom stereocenters. The van der Waals surface area contributed by atoms with Crippen molar-refractivity contribution in [2.75, 3.05) is 13.2 Å². The van der Waals surface area contributed by atoms with E-state index in [2.05, 4.69) is 0 Å². The molecule has 1 aromatic rings. The highest BCUT2D eigenvalue weighted by Gasteiger charge is 2.43. The van der Waals surface area contributed by atoms with E-state index in [0.717, 1.165) is 19.3 Å². The van der Waals surface area contributed by atoms with Gasteiger partial charge in [-0.05, 0) is 31.4 Å². The van der Waals surface area contributed by atoms with Crippen LogP contribution in [0.15, 0.2) is 21.6 Å². The maximum atomic E-state index is 12.6. The molecule has 0 bridgehead atoms. The maximum Gasteiger partial charge on any atom is 0.276 e. The summed E-state index contributed by atoms with van der Waals surface area (Å²) >= 11 is 0. The molecule has 1 aliphatic heterocycles. The van der Waals surface area contributed by atoms with Gasteiger partial charge in [-0.2, -0.15) is 4.31 Å². The minimum absolute atomic E-state index is 0.0134. The lowest BCUT2D eigenvalue weighted by Gasteiger charge is -2.35. The van der Waals surface area contributed by atoms with Crippen molar-refractivity contribution >= 4 is 10.0 Å². The predicted octanol–water partition coefficient (Wildman–Crippen LogP) is 0.680. The van der Waals surface area contributed by atoms with Crippen molar-refractivity contribution in [2.45, 2.75) is 43.0 Å². The van der Waals surface area contributed by atoms with Gasteiger partial charge in [0, 0.05) is 6.54 Å². The molecule has 1 saturated carbocycles. The minimum atomic E-state index is -3.57. The van der Waals surface area contributed by atoms with Crippen LogP contribution >= 0.6 is 0 Å². The lowest BCUT2D eigenvalue weighted by Crippen LogP contribution is -2.51. The van der Waals surface area contributed by atoms with Gasteiger partial charge in [0.25, 0.3) is 10.0 Å². The van der Waals surface area contributed by atoms with Gasteiger partial charge < -0.3 is 14.9 Å². The fourth-order valence-corrected chi connectivity index (χ4v) is 4.51. The fraction of sp³-hybridized carbons (Fsp3) is 0.667. The summed E-state index contributed by atoms with van der Waals surface area (Å²) in [6.07, 6.45) is 2.83. The molecule has 7 heteroatoms. The summed E-state index contributed by atoms with van der Waals surface area (Å²) in [6, 6.07) is 3.04. The lowest BCUT2D eigenvalue weighted by atomic mass is 10.2. The first-order chi connectivity index (χ1) is 9.13. The molecule has 2 aliphatic rings. The molecule has 106 valence electrons. The van der Waals surface area contributed by atoms with Crippen LogP contribution in [0.25, 0.3) is 0 Å². The summed E-state index contributed by atoms with van der Waals surface area (Å²) in [6.45, 7) is 1.04. The highest BCUT2D eigenvalue weighted by molar-refractivity contribution is 7.89. The molecular weight excluding hydrogens is 268 g/mol. The van der Waals surface area contributed by atoms with Crippen molar-refractivity contribution in [3.63, 3.8) is 0 Å². The van der Waals surface area contributed by atoms with E-state index in [9.17, 15) is 8.42 Å². The SMILES string of the molecule is NCc1ccc(S(=O)(=O)N2CCOC3CCCC32)o1. The Balaban J connectivity index is 1.90. The largest absolute Gasteiger partial charge is 0.447 e. The average molecular weight is 286 g/mol. The van der Waals surface area contributed by atoms with E-state index < -0.39 is 10.0 Å². The third-order valence-corrected chi connectivity index (χ3v) is 5.63. The smallest absolute Gasteiger partial charge is 0.276 e. The van der Waals surface area contributed by atoms with Gasteiger partial charge in [0.15, 0.2) is 0 Å². The summed E-state index contributed by atoms with van der Waals surface area (Å²) in [5, 5.41) is -0.0134. The van der Waals surface area contributed by atoms with E-state index in [1.165, 1.54) is 10.4 Å². The van der Waals surface area contributed by atoms with Crippen molar-refractivity contribution in [3.05, 3.63) is 17.9 Å². The quantitative estimate of drug-likeness (QED) is 0.883. The first-order valence-corrected chi connectivity index (χ1v) is 7.99. The van der Waals surface area contributed by atoms with E-state index in [4.69, 9.17) is 14.9 Å². The summed E-state index contributed by atoms with van der Waals surface area (Å²) in [5.74, 6) is 0.481. The molecule has 1 saturated heterocycles. The zero-order valence-corrected chi connectivity index (χ0v) is 11.4. The van der Waals surface area contributed by atoms with Crippen molar-refractivity contribution in [1.29, 1.82) is 0 Å². The number of furan rings is 1. The van der Waals surface area contributed by atoms with Gasteiger partial charge in [0.1, 0.15) is 5.76 Å². The number of ether oxygens (including phenoxy) is 1. The molecule has 6 nitrogen and oxygen atoms in total. The Kier molecular flexibility index (Phi) is 3.38. The molecule has 2 atom stereocenters. The molecule has 1 aromatic heterocycles. The molecule has 1 aliphatic carbocycles. The molecule has 2 N–H and O–H groups in total. The van der Waals surface area contributed by atoms with Gasteiger partial charge in [-0.25, -0.2) is 8.42 Å². The molecule has 0 spiro atoms. The first-order valence-electron chi connectivity index (χ1n) is 6.55. The highest BCUT2D eigenvalue weighted by Crippen LogP contribution is 2.33. The molecular formula is C12H18N2O4S.